The lowest BCUT2D eigenvalue weighted by molar-refractivity contribution is 0.0171. The van der Waals surface area contributed by atoms with E-state index in [1.165, 1.54) is 24.8 Å². The zero-order valence-electron chi connectivity index (χ0n) is 13.2. The second kappa shape index (κ2) is 6.37. The van der Waals surface area contributed by atoms with Crippen molar-refractivity contribution < 1.29 is 9.84 Å². The first-order valence-electron chi connectivity index (χ1n) is 8.31. The second-order valence-corrected chi connectivity index (χ2v) is 6.50. The molecule has 1 N–H and O–H groups in total. The van der Waals surface area contributed by atoms with Crippen molar-refractivity contribution in [2.45, 2.75) is 51.2 Å². The van der Waals surface area contributed by atoms with Crippen molar-refractivity contribution in [3.05, 3.63) is 29.3 Å². The minimum Gasteiger partial charge on any atom is -0.497 e. The van der Waals surface area contributed by atoms with Gasteiger partial charge in [0.15, 0.2) is 0 Å². The van der Waals surface area contributed by atoms with E-state index in [4.69, 9.17) is 4.74 Å². The summed E-state index contributed by atoms with van der Waals surface area (Å²) in [6.07, 6.45) is 5.62. The summed E-state index contributed by atoms with van der Waals surface area (Å²) in [7, 11) is 1.68. The lowest BCUT2D eigenvalue weighted by Crippen LogP contribution is -2.46. The van der Waals surface area contributed by atoms with E-state index in [-0.39, 0.29) is 12.1 Å². The van der Waals surface area contributed by atoms with Gasteiger partial charge in [-0.05, 0) is 68.0 Å². The Kier molecular flexibility index (Phi) is 4.51. The molecule has 0 aromatic heterocycles. The molecule has 1 aromatic rings. The Labute approximate surface area is 127 Å². The third kappa shape index (κ3) is 2.95. The SMILES string of the molecule is CCC1CCN(C2CCc3ccc(OC)cc3C2O)CC1. The van der Waals surface area contributed by atoms with Gasteiger partial charge in [-0.1, -0.05) is 19.4 Å². The maximum atomic E-state index is 10.8. The molecule has 1 saturated heterocycles. The summed E-state index contributed by atoms with van der Waals surface area (Å²) in [6.45, 7) is 4.57. The van der Waals surface area contributed by atoms with Gasteiger partial charge in [-0.15, -0.1) is 0 Å². The van der Waals surface area contributed by atoms with Gasteiger partial charge in [-0.3, -0.25) is 4.90 Å². The third-order valence-corrected chi connectivity index (χ3v) is 5.44. The van der Waals surface area contributed by atoms with Crippen LogP contribution in [0.15, 0.2) is 18.2 Å². The molecule has 0 spiro atoms. The van der Waals surface area contributed by atoms with Crippen molar-refractivity contribution in [3.8, 4) is 5.75 Å². The van der Waals surface area contributed by atoms with Crippen LogP contribution in [0.5, 0.6) is 5.75 Å². The summed E-state index contributed by atoms with van der Waals surface area (Å²) < 4.78 is 5.31. The summed E-state index contributed by atoms with van der Waals surface area (Å²) in [5.74, 6) is 1.73. The van der Waals surface area contributed by atoms with Gasteiger partial charge in [-0.25, -0.2) is 0 Å². The average molecular weight is 289 g/mol. The lowest BCUT2D eigenvalue weighted by atomic mass is 9.83. The normalized spacial score (nSPS) is 27.4. The first kappa shape index (κ1) is 14.9. The van der Waals surface area contributed by atoms with Gasteiger partial charge in [0, 0.05) is 6.04 Å². The second-order valence-electron chi connectivity index (χ2n) is 6.50. The first-order valence-corrected chi connectivity index (χ1v) is 8.31. The Bertz CT molecular complexity index is 480. The number of piperidine rings is 1. The highest BCUT2D eigenvalue weighted by molar-refractivity contribution is 5.39. The van der Waals surface area contributed by atoms with Crippen LogP contribution in [0, 0.1) is 5.92 Å². The van der Waals surface area contributed by atoms with Crippen LogP contribution < -0.4 is 4.74 Å². The molecule has 3 rings (SSSR count). The van der Waals surface area contributed by atoms with Crippen LogP contribution in [-0.4, -0.2) is 36.2 Å². The summed E-state index contributed by atoms with van der Waals surface area (Å²) in [5.41, 5.74) is 2.35. The van der Waals surface area contributed by atoms with Crippen LogP contribution in [0.3, 0.4) is 0 Å². The van der Waals surface area contributed by atoms with Crippen molar-refractivity contribution in [1.29, 1.82) is 0 Å². The highest BCUT2D eigenvalue weighted by Crippen LogP contribution is 2.36. The van der Waals surface area contributed by atoms with Crippen molar-refractivity contribution in [2.24, 2.45) is 5.92 Å². The molecule has 1 fully saturated rings. The van der Waals surface area contributed by atoms with Crippen LogP contribution >= 0.6 is 0 Å². The van der Waals surface area contributed by atoms with Crippen molar-refractivity contribution >= 4 is 0 Å². The molecule has 0 bridgehead atoms. The monoisotopic (exact) mass is 289 g/mol. The van der Waals surface area contributed by atoms with E-state index in [1.807, 2.05) is 12.1 Å². The van der Waals surface area contributed by atoms with E-state index < -0.39 is 0 Å². The molecule has 3 nitrogen and oxygen atoms in total. The molecule has 2 atom stereocenters. The van der Waals surface area contributed by atoms with Gasteiger partial charge in [0.1, 0.15) is 5.75 Å². The maximum absolute atomic E-state index is 10.8. The summed E-state index contributed by atoms with van der Waals surface area (Å²) in [5, 5.41) is 10.8. The Balaban J connectivity index is 1.74. The molecule has 1 aliphatic heterocycles. The largest absolute Gasteiger partial charge is 0.497 e. The number of ether oxygens (including phenoxy) is 1. The minimum atomic E-state index is -0.373. The molecule has 0 radical (unpaired) electrons. The number of fused-ring (bicyclic) bond motifs is 1. The standard InChI is InChI=1S/C18H27NO2/c1-3-13-8-10-19(11-9-13)17-7-5-14-4-6-15(21-2)12-16(14)18(17)20/h4,6,12-13,17-18,20H,3,5,7-11H2,1-2H3. The predicted octanol–water partition coefficient (Wildman–Crippen LogP) is 3.17. The van der Waals surface area contributed by atoms with Gasteiger partial charge >= 0.3 is 0 Å². The molecular formula is C18H27NO2. The quantitative estimate of drug-likeness (QED) is 0.927. The number of likely N-dealkylation sites (tertiary alicyclic amines) is 1. The summed E-state index contributed by atoms with van der Waals surface area (Å²) in [4.78, 5) is 2.51. The molecule has 1 heterocycles. The number of aryl methyl sites for hydroxylation is 1. The van der Waals surface area contributed by atoms with Crippen LogP contribution in [-0.2, 0) is 6.42 Å². The Morgan fingerprint density at radius 2 is 2.00 bits per heavy atom. The van der Waals surface area contributed by atoms with E-state index in [9.17, 15) is 5.11 Å². The van der Waals surface area contributed by atoms with Crippen LogP contribution in [0.1, 0.15) is 49.8 Å². The molecule has 1 aromatic carbocycles. The number of hydrogen-bond donors (Lipinski definition) is 1. The molecule has 0 amide bonds. The summed E-state index contributed by atoms with van der Waals surface area (Å²) >= 11 is 0. The maximum Gasteiger partial charge on any atom is 0.119 e. The fourth-order valence-corrected chi connectivity index (χ4v) is 3.95. The van der Waals surface area contributed by atoms with Crippen LogP contribution in [0.2, 0.25) is 0 Å². The van der Waals surface area contributed by atoms with Crippen LogP contribution in [0.25, 0.3) is 0 Å². The molecule has 2 aliphatic rings. The highest BCUT2D eigenvalue weighted by atomic mass is 16.5. The molecule has 2 unspecified atom stereocenters. The highest BCUT2D eigenvalue weighted by Gasteiger charge is 2.34. The smallest absolute Gasteiger partial charge is 0.119 e. The van der Waals surface area contributed by atoms with Crippen molar-refractivity contribution in [2.75, 3.05) is 20.2 Å². The molecule has 21 heavy (non-hydrogen) atoms. The number of nitrogens with zero attached hydrogens (tertiary/aromatic N) is 1. The predicted molar refractivity (Wildman–Crippen MR) is 84.7 cm³/mol. The van der Waals surface area contributed by atoms with E-state index in [0.717, 1.165) is 43.2 Å². The molecule has 116 valence electrons. The Hall–Kier alpha value is -1.06. The lowest BCUT2D eigenvalue weighted by Gasteiger charge is -2.42. The fourth-order valence-electron chi connectivity index (χ4n) is 3.95. The van der Waals surface area contributed by atoms with Gasteiger partial charge in [0.2, 0.25) is 0 Å². The van der Waals surface area contributed by atoms with E-state index >= 15 is 0 Å². The third-order valence-electron chi connectivity index (χ3n) is 5.44. The fraction of sp³-hybridized carbons (Fsp3) is 0.667. The molecule has 1 aliphatic carbocycles. The minimum absolute atomic E-state index is 0.280. The topological polar surface area (TPSA) is 32.7 Å². The first-order chi connectivity index (χ1) is 10.2. The number of methoxy groups -OCH3 is 1. The van der Waals surface area contributed by atoms with Gasteiger partial charge in [-0.2, -0.15) is 0 Å². The van der Waals surface area contributed by atoms with E-state index in [1.54, 1.807) is 7.11 Å². The molecule has 0 saturated carbocycles. The number of hydrogen-bond acceptors (Lipinski definition) is 3. The van der Waals surface area contributed by atoms with Gasteiger partial charge < -0.3 is 9.84 Å². The number of rotatable bonds is 3. The Morgan fingerprint density at radius 1 is 1.24 bits per heavy atom. The Morgan fingerprint density at radius 3 is 2.67 bits per heavy atom. The van der Waals surface area contributed by atoms with Crippen LogP contribution in [0.4, 0.5) is 0 Å². The molecular weight excluding hydrogens is 262 g/mol. The number of aliphatic hydroxyl groups is 1. The number of benzene rings is 1. The van der Waals surface area contributed by atoms with Crippen molar-refractivity contribution in [3.63, 3.8) is 0 Å². The summed E-state index contributed by atoms with van der Waals surface area (Å²) in [6, 6.07) is 6.41. The molecule has 3 heteroatoms. The van der Waals surface area contributed by atoms with Gasteiger partial charge in [0.05, 0.1) is 13.2 Å². The van der Waals surface area contributed by atoms with Crippen molar-refractivity contribution in [1.82, 2.24) is 4.90 Å². The van der Waals surface area contributed by atoms with E-state index in [2.05, 4.69) is 17.9 Å². The zero-order chi connectivity index (χ0) is 14.8. The zero-order valence-corrected chi connectivity index (χ0v) is 13.2. The van der Waals surface area contributed by atoms with Gasteiger partial charge in [0.25, 0.3) is 0 Å². The average Bonchev–Trinajstić information content (AvgIpc) is 2.55. The number of aliphatic hydroxyl groups excluding tert-OH is 1. The van der Waals surface area contributed by atoms with E-state index in [0.29, 0.717) is 0 Å².